The Kier molecular flexibility index (Phi) is 4.35. The van der Waals surface area contributed by atoms with Crippen LogP contribution in [0.3, 0.4) is 0 Å². The van der Waals surface area contributed by atoms with Gasteiger partial charge >= 0.3 is 0 Å². The molecule has 0 aliphatic heterocycles. The molecular formula is C16H21BrN4. The molecular weight excluding hydrogens is 328 g/mol. The smallest absolute Gasteiger partial charge is 0.161 e. The lowest BCUT2D eigenvalue weighted by atomic mass is 9.91. The van der Waals surface area contributed by atoms with Gasteiger partial charge in [0, 0.05) is 21.5 Å². The van der Waals surface area contributed by atoms with E-state index in [2.05, 4.69) is 73.1 Å². The Morgan fingerprint density at radius 3 is 2.10 bits per heavy atom. The van der Waals surface area contributed by atoms with Gasteiger partial charge in [0.05, 0.1) is 5.69 Å². The summed E-state index contributed by atoms with van der Waals surface area (Å²) in [6, 6.07) is 6.06. The molecule has 0 bridgehead atoms. The minimum absolute atomic E-state index is 0.0667. The third-order valence-corrected chi connectivity index (χ3v) is 4.59. The Labute approximate surface area is 134 Å². The van der Waals surface area contributed by atoms with E-state index >= 15 is 0 Å². The van der Waals surface area contributed by atoms with E-state index in [1.54, 1.807) is 0 Å². The van der Waals surface area contributed by atoms with Crippen molar-refractivity contribution < 1.29 is 0 Å². The topological polar surface area (TPSA) is 63.8 Å². The normalized spacial score (nSPS) is 11.6. The van der Waals surface area contributed by atoms with Gasteiger partial charge in [0.15, 0.2) is 5.82 Å². The standard InChI is InChI=1S/C16H21BrN4/c1-9-6-11(7-10(2)14(9)17)15-19-12(16(3,4)5)8-13(20-15)21-18/h6-8H,18H2,1-5H3,(H,19,20,21). The van der Waals surface area contributed by atoms with Gasteiger partial charge < -0.3 is 5.43 Å². The van der Waals surface area contributed by atoms with Crippen LogP contribution in [0.5, 0.6) is 0 Å². The molecule has 21 heavy (non-hydrogen) atoms. The van der Waals surface area contributed by atoms with Crippen molar-refractivity contribution in [2.75, 3.05) is 5.43 Å². The summed E-state index contributed by atoms with van der Waals surface area (Å²) < 4.78 is 1.12. The number of rotatable bonds is 2. The van der Waals surface area contributed by atoms with Gasteiger partial charge in [-0.3, -0.25) is 0 Å². The molecule has 0 amide bonds. The molecule has 4 nitrogen and oxygen atoms in total. The van der Waals surface area contributed by atoms with Crippen molar-refractivity contribution in [3.05, 3.63) is 39.5 Å². The van der Waals surface area contributed by atoms with Crippen molar-refractivity contribution in [3.8, 4) is 11.4 Å². The van der Waals surface area contributed by atoms with Crippen molar-refractivity contribution in [3.63, 3.8) is 0 Å². The van der Waals surface area contributed by atoms with E-state index in [0.29, 0.717) is 11.6 Å². The van der Waals surface area contributed by atoms with Crippen molar-refractivity contribution in [1.29, 1.82) is 0 Å². The fraction of sp³-hybridized carbons (Fsp3) is 0.375. The average Bonchev–Trinajstić information content (AvgIpc) is 2.42. The molecule has 0 aliphatic carbocycles. The van der Waals surface area contributed by atoms with Crippen LogP contribution in [0, 0.1) is 13.8 Å². The number of nitrogens with one attached hydrogen (secondary N) is 1. The number of benzene rings is 1. The van der Waals surface area contributed by atoms with E-state index in [4.69, 9.17) is 10.8 Å². The second kappa shape index (κ2) is 5.73. The molecule has 0 aliphatic rings. The Morgan fingerprint density at radius 1 is 1.05 bits per heavy atom. The van der Waals surface area contributed by atoms with Gasteiger partial charge in [-0.25, -0.2) is 15.8 Å². The molecule has 0 unspecified atom stereocenters. The SMILES string of the molecule is Cc1cc(-c2nc(NN)cc(C(C)(C)C)n2)cc(C)c1Br. The zero-order valence-corrected chi connectivity index (χ0v) is 14.7. The fourth-order valence-corrected chi connectivity index (χ4v) is 2.34. The first-order chi connectivity index (χ1) is 9.72. The largest absolute Gasteiger partial charge is 0.308 e. The highest BCUT2D eigenvalue weighted by Gasteiger charge is 2.19. The molecule has 2 rings (SSSR count). The summed E-state index contributed by atoms with van der Waals surface area (Å²) >= 11 is 3.59. The van der Waals surface area contributed by atoms with Crippen LogP contribution >= 0.6 is 15.9 Å². The highest BCUT2D eigenvalue weighted by Crippen LogP contribution is 2.29. The Balaban J connectivity index is 2.63. The first kappa shape index (κ1) is 15.9. The second-order valence-corrected chi connectivity index (χ2v) is 7.07. The van der Waals surface area contributed by atoms with Crippen LogP contribution in [0.15, 0.2) is 22.7 Å². The quantitative estimate of drug-likeness (QED) is 0.633. The molecule has 0 fully saturated rings. The molecule has 1 heterocycles. The number of hydrazine groups is 1. The van der Waals surface area contributed by atoms with Gasteiger partial charge in [-0.05, 0) is 37.1 Å². The van der Waals surface area contributed by atoms with Crippen molar-refractivity contribution in [2.45, 2.75) is 40.0 Å². The number of nitrogen functional groups attached to an aromatic ring is 1. The lowest BCUT2D eigenvalue weighted by molar-refractivity contribution is 0.568. The molecule has 1 aromatic carbocycles. The fourth-order valence-electron chi connectivity index (χ4n) is 2.11. The number of aryl methyl sites for hydroxylation is 2. The second-order valence-electron chi connectivity index (χ2n) is 6.28. The van der Waals surface area contributed by atoms with Gasteiger partial charge in [0.25, 0.3) is 0 Å². The van der Waals surface area contributed by atoms with E-state index in [0.717, 1.165) is 26.9 Å². The molecule has 0 saturated heterocycles. The number of nitrogens with two attached hydrogens (primary N) is 1. The lowest BCUT2D eigenvalue weighted by Gasteiger charge is -2.19. The zero-order chi connectivity index (χ0) is 15.8. The number of anilines is 1. The minimum atomic E-state index is -0.0667. The predicted octanol–water partition coefficient (Wildman–Crippen LogP) is 4.11. The first-order valence-electron chi connectivity index (χ1n) is 6.85. The molecule has 5 heteroatoms. The van der Waals surface area contributed by atoms with Crippen LogP contribution in [0.4, 0.5) is 5.82 Å². The number of hydrogen-bond donors (Lipinski definition) is 2. The van der Waals surface area contributed by atoms with Crippen molar-refractivity contribution in [2.24, 2.45) is 5.84 Å². The van der Waals surface area contributed by atoms with Crippen molar-refractivity contribution >= 4 is 21.7 Å². The van der Waals surface area contributed by atoms with Crippen molar-refractivity contribution in [1.82, 2.24) is 9.97 Å². The third kappa shape index (κ3) is 3.41. The minimum Gasteiger partial charge on any atom is -0.308 e. The lowest BCUT2D eigenvalue weighted by Crippen LogP contribution is -2.17. The predicted molar refractivity (Wildman–Crippen MR) is 91.2 cm³/mol. The van der Waals surface area contributed by atoms with Crippen LogP contribution in [0.2, 0.25) is 0 Å². The molecule has 3 N–H and O–H groups in total. The van der Waals surface area contributed by atoms with E-state index in [-0.39, 0.29) is 5.41 Å². The number of hydrogen-bond acceptors (Lipinski definition) is 4. The zero-order valence-electron chi connectivity index (χ0n) is 13.1. The van der Waals surface area contributed by atoms with Crippen LogP contribution in [-0.2, 0) is 5.41 Å². The number of aromatic nitrogens is 2. The maximum absolute atomic E-state index is 5.55. The average molecular weight is 349 g/mol. The van der Waals surface area contributed by atoms with E-state index in [9.17, 15) is 0 Å². The first-order valence-corrected chi connectivity index (χ1v) is 7.65. The number of nitrogens with zero attached hydrogens (tertiary/aromatic N) is 2. The number of halogens is 1. The van der Waals surface area contributed by atoms with Gasteiger partial charge in [-0.15, -0.1) is 0 Å². The molecule has 1 aromatic heterocycles. The molecule has 0 atom stereocenters. The summed E-state index contributed by atoms with van der Waals surface area (Å²) in [6.45, 7) is 10.5. The van der Waals surface area contributed by atoms with E-state index in [1.807, 2.05) is 6.07 Å². The van der Waals surface area contributed by atoms with E-state index < -0.39 is 0 Å². The summed E-state index contributed by atoms with van der Waals surface area (Å²) in [5.41, 5.74) is 6.84. The summed E-state index contributed by atoms with van der Waals surface area (Å²) in [7, 11) is 0. The molecule has 2 aromatic rings. The van der Waals surface area contributed by atoms with Crippen LogP contribution in [-0.4, -0.2) is 9.97 Å². The third-order valence-electron chi connectivity index (χ3n) is 3.34. The Hall–Kier alpha value is -1.46. The maximum atomic E-state index is 5.55. The van der Waals surface area contributed by atoms with Crippen LogP contribution in [0.25, 0.3) is 11.4 Å². The maximum Gasteiger partial charge on any atom is 0.161 e. The van der Waals surface area contributed by atoms with Gasteiger partial charge in [0.2, 0.25) is 0 Å². The summed E-state index contributed by atoms with van der Waals surface area (Å²) in [5.74, 6) is 6.86. The van der Waals surface area contributed by atoms with Crippen LogP contribution < -0.4 is 11.3 Å². The Morgan fingerprint density at radius 2 is 1.62 bits per heavy atom. The van der Waals surface area contributed by atoms with Gasteiger partial charge in [0.1, 0.15) is 5.82 Å². The monoisotopic (exact) mass is 348 g/mol. The molecule has 0 saturated carbocycles. The van der Waals surface area contributed by atoms with Crippen LogP contribution in [0.1, 0.15) is 37.6 Å². The molecule has 112 valence electrons. The molecule has 0 spiro atoms. The summed E-state index contributed by atoms with van der Waals surface area (Å²) in [6.07, 6.45) is 0. The Bertz CT molecular complexity index is 651. The van der Waals surface area contributed by atoms with Gasteiger partial charge in [-0.1, -0.05) is 36.7 Å². The highest BCUT2D eigenvalue weighted by atomic mass is 79.9. The summed E-state index contributed by atoms with van der Waals surface area (Å²) in [4.78, 5) is 9.20. The highest BCUT2D eigenvalue weighted by molar-refractivity contribution is 9.10. The summed E-state index contributed by atoms with van der Waals surface area (Å²) in [5, 5.41) is 0. The van der Waals surface area contributed by atoms with Gasteiger partial charge in [-0.2, -0.15) is 0 Å². The molecule has 0 radical (unpaired) electrons. The van der Waals surface area contributed by atoms with E-state index in [1.165, 1.54) is 0 Å².